The molecule has 0 fully saturated rings. The van der Waals surface area contributed by atoms with Gasteiger partial charge in [0, 0.05) is 19.9 Å². The maximum atomic E-state index is 5.53. The van der Waals surface area contributed by atoms with Crippen molar-refractivity contribution >= 4 is 11.5 Å². The predicted octanol–water partition coefficient (Wildman–Crippen LogP) is 1.01. The molecule has 0 bridgehead atoms. The first-order valence-electron chi connectivity index (χ1n) is 4.98. The predicted molar refractivity (Wildman–Crippen MR) is 59.9 cm³/mol. The maximum absolute atomic E-state index is 5.53. The lowest BCUT2D eigenvalue weighted by molar-refractivity contribution is 0.387. The van der Waals surface area contributed by atoms with E-state index in [1.165, 1.54) is 0 Å². The summed E-state index contributed by atoms with van der Waals surface area (Å²) in [4.78, 5) is 8.21. The van der Waals surface area contributed by atoms with Gasteiger partial charge >= 0.3 is 0 Å². The fourth-order valence-corrected chi connectivity index (χ4v) is 1.26. The highest BCUT2D eigenvalue weighted by atomic mass is 16.5. The lowest BCUT2D eigenvalue weighted by Gasteiger charge is -2.03. The molecule has 2 aromatic rings. The average Bonchev–Trinajstić information content (AvgIpc) is 2.67. The van der Waals surface area contributed by atoms with E-state index >= 15 is 0 Å². The Kier molecular flexibility index (Phi) is 3.00. The third-order valence-electron chi connectivity index (χ3n) is 2.01. The Morgan fingerprint density at radius 3 is 2.94 bits per heavy atom. The van der Waals surface area contributed by atoms with Crippen LogP contribution in [0.5, 0.6) is 0 Å². The summed E-state index contributed by atoms with van der Waals surface area (Å²) in [5.41, 5.74) is 6.18. The number of pyridine rings is 1. The minimum atomic E-state index is 0.584. The van der Waals surface area contributed by atoms with Crippen LogP contribution in [0.25, 0.3) is 0 Å². The van der Waals surface area contributed by atoms with Crippen molar-refractivity contribution in [2.75, 3.05) is 17.6 Å². The molecule has 3 N–H and O–H groups in total. The average molecular weight is 219 g/mol. The summed E-state index contributed by atoms with van der Waals surface area (Å²) in [6, 6.07) is 3.63. The van der Waals surface area contributed by atoms with Gasteiger partial charge in [0.25, 0.3) is 0 Å². The van der Waals surface area contributed by atoms with Crippen molar-refractivity contribution in [1.82, 2.24) is 15.1 Å². The molecule has 2 rings (SSSR count). The Labute approximate surface area is 92.9 Å². The monoisotopic (exact) mass is 219 g/mol. The van der Waals surface area contributed by atoms with Gasteiger partial charge in [0.2, 0.25) is 5.89 Å². The molecule has 0 aromatic carbocycles. The number of aryl methyl sites for hydroxylation is 1. The molecule has 6 nitrogen and oxygen atoms in total. The van der Waals surface area contributed by atoms with E-state index in [2.05, 4.69) is 20.4 Å². The third-order valence-corrected chi connectivity index (χ3v) is 2.01. The Morgan fingerprint density at radius 1 is 1.44 bits per heavy atom. The number of aromatic nitrogens is 3. The summed E-state index contributed by atoms with van der Waals surface area (Å²) in [7, 11) is 0. The van der Waals surface area contributed by atoms with E-state index in [9.17, 15) is 0 Å². The van der Waals surface area contributed by atoms with Crippen LogP contribution in [0, 0.1) is 6.92 Å². The van der Waals surface area contributed by atoms with Gasteiger partial charge in [-0.15, -0.1) is 0 Å². The lowest BCUT2D eigenvalue weighted by Crippen LogP contribution is -2.07. The molecule has 0 atom stereocenters. The number of hydrogen-bond donors (Lipinski definition) is 2. The summed E-state index contributed by atoms with van der Waals surface area (Å²) in [5.74, 6) is 2.07. The van der Waals surface area contributed by atoms with E-state index in [1.807, 2.05) is 6.07 Å². The largest absolute Gasteiger partial charge is 0.397 e. The zero-order valence-electron chi connectivity index (χ0n) is 8.97. The minimum Gasteiger partial charge on any atom is -0.397 e. The van der Waals surface area contributed by atoms with Crippen LogP contribution in [0.15, 0.2) is 22.9 Å². The first-order valence-corrected chi connectivity index (χ1v) is 4.98. The Bertz CT molecular complexity index is 450. The summed E-state index contributed by atoms with van der Waals surface area (Å²) >= 11 is 0. The van der Waals surface area contributed by atoms with Crippen LogP contribution in [0.3, 0.4) is 0 Å². The summed E-state index contributed by atoms with van der Waals surface area (Å²) in [6.45, 7) is 2.47. The van der Waals surface area contributed by atoms with E-state index in [1.54, 1.807) is 19.2 Å². The van der Waals surface area contributed by atoms with Gasteiger partial charge in [0.05, 0.1) is 11.9 Å². The van der Waals surface area contributed by atoms with Crippen molar-refractivity contribution in [3.63, 3.8) is 0 Å². The molecule has 0 radical (unpaired) electrons. The molecular weight excluding hydrogens is 206 g/mol. The van der Waals surface area contributed by atoms with Gasteiger partial charge in [-0.2, -0.15) is 4.98 Å². The van der Waals surface area contributed by atoms with E-state index in [-0.39, 0.29) is 0 Å². The van der Waals surface area contributed by atoms with Crippen LogP contribution in [0.1, 0.15) is 11.7 Å². The molecule has 0 amide bonds. The van der Waals surface area contributed by atoms with Crippen LogP contribution in [0.4, 0.5) is 11.5 Å². The molecule has 0 saturated carbocycles. The van der Waals surface area contributed by atoms with Crippen molar-refractivity contribution in [3.8, 4) is 0 Å². The zero-order valence-corrected chi connectivity index (χ0v) is 8.97. The highest BCUT2D eigenvalue weighted by molar-refractivity contribution is 5.43. The maximum Gasteiger partial charge on any atom is 0.223 e. The third kappa shape index (κ3) is 2.69. The van der Waals surface area contributed by atoms with Gasteiger partial charge in [-0.25, -0.2) is 4.98 Å². The molecule has 0 saturated heterocycles. The summed E-state index contributed by atoms with van der Waals surface area (Å²) in [5, 5.41) is 6.94. The van der Waals surface area contributed by atoms with Crippen LogP contribution in [-0.2, 0) is 6.42 Å². The number of nitrogens with two attached hydrogens (primary N) is 1. The van der Waals surface area contributed by atoms with E-state index in [0.29, 0.717) is 30.4 Å². The van der Waals surface area contributed by atoms with E-state index in [0.717, 1.165) is 5.82 Å². The second kappa shape index (κ2) is 4.61. The fraction of sp³-hybridized carbons (Fsp3) is 0.300. The van der Waals surface area contributed by atoms with Crippen molar-refractivity contribution < 1.29 is 4.52 Å². The van der Waals surface area contributed by atoms with Crippen molar-refractivity contribution in [3.05, 3.63) is 30.0 Å². The number of anilines is 2. The molecular formula is C10H13N5O. The molecule has 0 aliphatic carbocycles. The summed E-state index contributed by atoms with van der Waals surface area (Å²) < 4.78 is 4.86. The summed E-state index contributed by atoms with van der Waals surface area (Å²) in [6.07, 6.45) is 2.31. The number of rotatable bonds is 4. The van der Waals surface area contributed by atoms with Crippen LogP contribution in [-0.4, -0.2) is 21.7 Å². The molecule has 0 spiro atoms. The highest BCUT2D eigenvalue weighted by Crippen LogP contribution is 2.05. The second-order valence-electron chi connectivity index (χ2n) is 3.38. The SMILES string of the molecule is Cc1nc(CCNc2ccc(N)cn2)no1. The highest BCUT2D eigenvalue weighted by Gasteiger charge is 2.01. The zero-order chi connectivity index (χ0) is 11.4. The Balaban J connectivity index is 1.82. The van der Waals surface area contributed by atoms with E-state index < -0.39 is 0 Å². The van der Waals surface area contributed by atoms with Crippen LogP contribution >= 0.6 is 0 Å². The lowest BCUT2D eigenvalue weighted by atomic mass is 10.4. The van der Waals surface area contributed by atoms with E-state index in [4.69, 9.17) is 10.3 Å². The normalized spacial score (nSPS) is 10.3. The molecule has 16 heavy (non-hydrogen) atoms. The molecule has 0 aliphatic heterocycles. The quantitative estimate of drug-likeness (QED) is 0.797. The molecule has 2 aromatic heterocycles. The molecule has 84 valence electrons. The van der Waals surface area contributed by atoms with Gasteiger partial charge < -0.3 is 15.6 Å². The second-order valence-corrected chi connectivity index (χ2v) is 3.38. The Morgan fingerprint density at radius 2 is 2.31 bits per heavy atom. The molecule has 0 aliphatic rings. The first-order chi connectivity index (χ1) is 7.74. The molecule has 0 unspecified atom stereocenters. The minimum absolute atomic E-state index is 0.584. The smallest absolute Gasteiger partial charge is 0.223 e. The number of nitrogen functional groups attached to an aromatic ring is 1. The number of nitrogens with zero attached hydrogens (tertiary/aromatic N) is 3. The van der Waals surface area contributed by atoms with Gasteiger partial charge in [-0.3, -0.25) is 0 Å². The van der Waals surface area contributed by atoms with Gasteiger partial charge in [0.1, 0.15) is 5.82 Å². The van der Waals surface area contributed by atoms with Crippen molar-refractivity contribution in [1.29, 1.82) is 0 Å². The number of nitrogens with one attached hydrogen (secondary N) is 1. The van der Waals surface area contributed by atoms with Crippen LogP contribution in [0.2, 0.25) is 0 Å². The van der Waals surface area contributed by atoms with Crippen molar-refractivity contribution in [2.45, 2.75) is 13.3 Å². The Hall–Kier alpha value is -2.11. The van der Waals surface area contributed by atoms with Crippen LogP contribution < -0.4 is 11.1 Å². The molecule has 6 heteroatoms. The van der Waals surface area contributed by atoms with Crippen molar-refractivity contribution in [2.24, 2.45) is 0 Å². The standard InChI is InChI=1S/C10H13N5O/c1-7-14-10(15-16-7)4-5-12-9-3-2-8(11)6-13-9/h2-3,6H,4-5,11H2,1H3,(H,12,13). The van der Waals surface area contributed by atoms with Gasteiger partial charge in [-0.05, 0) is 12.1 Å². The topological polar surface area (TPSA) is 89.9 Å². The fourth-order valence-electron chi connectivity index (χ4n) is 1.26. The van der Waals surface area contributed by atoms with Gasteiger partial charge in [0.15, 0.2) is 5.82 Å². The number of hydrogen-bond acceptors (Lipinski definition) is 6. The first kappa shape index (κ1) is 10.4. The van der Waals surface area contributed by atoms with Gasteiger partial charge in [-0.1, -0.05) is 5.16 Å². The molecule has 2 heterocycles.